The average molecular weight is 392 g/mol. The lowest BCUT2D eigenvalue weighted by Gasteiger charge is -2.51. The van der Waals surface area contributed by atoms with E-state index in [1.807, 2.05) is 12.1 Å². The summed E-state index contributed by atoms with van der Waals surface area (Å²) in [6, 6.07) is 15.0. The van der Waals surface area contributed by atoms with Gasteiger partial charge in [0.2, 0.25) is 0 Å². The molecule has 5 atom stereocenters. The molecule has 3 nitrogen and oxygen atoms in total. The summed E-state index contributed by atoms with van der Waals surface area (Å²) < 4.78 is 5.46. The lowest BCUT2D eigenvalue weighted by molar-refractivity contribution is 0.0408. The highest BCUT2D eigenvalue weighted by molar-refractivity contribution is 5.40. The Morgan fingerprint density at radius 2 is 2.00 bits per heavy atom. The fourth-order valence-corrected chi connectivity index (χ4v) is 6.93. The zero-order chi connectivity index (χ0) is 20.0. The Labute approximate surface area is 174 Å². The normalized spacial score (nSPS) is 32.9. The van der Waals surface area contributed by atoms with E-state index in [-0.39, 0.29) is 0 Å². The van der Waals surface area contributed by atoms with Crippen LogP contribution >= 0.6 is 0 Å². The van der Waals surface area contributed by atoms with Crippen LogP contribution in [0.5, 0.6) is 11.5 Å². The summed E-state index contributed by atoms with van der Waals surface area (Å²) in [5, 5.41) is 13.6. The highest BCUT2D eigenvalue weighted by Crippen LogP contribution is 2.61. The van der Waals surface area contributed by atoms with Crippen molar-refractivity contribution >= 4 is 0 Å². The number of hydrogen-bond acceptors (Lipinski definition) is 3. The Morgan fingerprint density at radius 1 is 1.10 bits per heavy atom. The monoisotopic (exact) mass is 391 g/mol. The summed E-state index contributed by atoms with van der Waals surface area (Å²) in [5.74, 6) is 3.73. The molecule has 0 aromatic heterocycles. The van der Waals surface area contributed by atoms with Crippen LogP contribution in [-0.2, 0) is 13.0 Å². The first-order valence-electron chi connectivity index (χ1n) is 11.3. The second kappa shape index (κ2) is 7.36. The van der Waals surface area contributed by atoms with E-state index in [0.717, 1.165) is 30.0 Å². The summed E-state index contributed by atoms with van der Waals surface area (Å²) in [6.45, 7) is 3.39. The second-order valence-electron chi connectivity index (χ2n) is 9.71. The van der Waals surface area contributed by atoms with Gasteiger partial charge in [0, 0.05) is 12.6 Å². The van der Waals surface area contributed by atoms with Crippen molar-refractivity contribution in [2.45, 2.75) is 64.0 Å². The number of phenols is 1. The van der Waals surface area contributed by atoms with Crippen molar-refractivity contribution in [3.63, 3.8) is 0 Å². The van der Waals surface area contributed by atoms with Gasteiger partial charge >= 0.3 is 0 Å². The van der Waals surface area contributed by atoms with Gasteiger partial charge in [-0.15, -0.1) is 0 Å². The molecule has 0 bridgehead atoms. The Hall–Kier alpha value is -2.00. The maximum atomic E-state index is 9.75. The zero-order valence-electron chi connectivity index (χ0n) is 17.7. The van der Waals surface area contributed by atoms with Gasteiger partial charge in [-0.25, -0.2) is 0 Å². The van der Waals surface area contributed by atoms with Gasteiger partial charge in [-0.3, -0.25) is 0 Å². The van der Waals surface area contributed by atoms with Crippen LogP contribution in [0.3, 0.4) is 0 Å². The number of ether oxygens (including phenoxy) is 1. The minimum atomic E-state index is 0.359. The van der Waals surface area contributed by atoms with Crippen LogP contribution in [0.4, 0.5) is 0 Å². The van der Waals surface area contributed by atoms with E-state index >= 15 is 0 Å². The molecule has 2 fully saturated rings. The summed E-state index contributed by atoms with van der Waals surface area (Å²) in [5.41, 5.74) is 4.68. The van der Waals surface area contributed by atoms with E-state index in [1.54, 1.807) is 18.7 Å². The summed E-state index contributed by atoms with van der Waals surface area (Å²) in [7, 11) is 1.77. The fourth-order valence-electron chi connectivity index (χ4n) is 6.93. The van der Waals surface area contributed by atoms with E-state index in [2.05, 4.69) is 36.5 Å². The van der Waals surface area contributed by atoms with E-state index < -0.39 is 0 Å². The highest BCUT2D eigenvalue weighted by atomic mass is 16.5. The molecule has 2 N–H and O–H groups in total. The van der Waals surface area contributed by atoms with Crippen molar-refractivity contribution in [1.29, 1.82) is 0 Å². The van der Waals surface area contributed by atoms with E-state index in [1.165, 1.54) is 49.7 Å². The van der Waals surface area contributed by atoms with E-state index in [0.29, 0.717) is 17.2 Å². The lowest BCUT2D eigenvalue weighted by Crippen LogP contribution is -2.48. The molecule has 3 heteroatoms. The second-order valence-corrected chi connectivity index (χ2v) is 9.71. The smallest absolute Gasteiger partial charge is 0.119 e. The molecule has 0 spiro atoms. The topological polar surface area (TPSA) is 41.5 Å². The summed E-state index contributed by atoms with van der Waals surface area (Å²) in [6.07, 6.45) is 7.76. The summed E-state index contributed by atoms with van der Waals surface area (Å²) >= 11 is 0. The first kappa shape index (κ1) is 19.0. The van der Waals surface area contributed by atoms with Crippen LogP contribution in [0, 0.1) is 17.3 Å². The standard InChI is InChI=1S/C26H33NO2/c1-26-13-12-22-21-9-7-20(29-2)15-18(21)6-8-23(22)24(26)10-11-25(26)27-16-17-4-3-5-19(28)14-17/h3-5,7,9,14-15,22-25,27-28H,6,8,10-13,16H2,1-2H3/t22?,23?,24?,25-,26-/m0/s1. The number of phenolic OH excluding ortho intramolecular Hbond substituents is 1. The van der Waals surface area contributed by atoms with Crippen molar-refractivity contribution in [3.05, 3.63) is 59.2 Å². The zero-order valence-corrected chi connectivity index (χ0v) is 17.7. The number of aryl methyl sites for hydroxylation is 1. The Kier molecular flexibility index (Phi) is 4.82. The number of rotatable bonds is 4. The number of hydrogen-bond donors (Lipinski definition) is 2. The number of benzene rings is 2. The first-order chi connectivity index (χ1) is 14.1. The van der Waals surface area contributed by atoms with Crippen LogP contribution < -0.4 is 10.1 Å². The lowest BCUT2D eigenvalue weighted by atomic mass is 9.55. The molecule has 3 aliphatic carbocycles. The number of aromatic hydroxyl groups is 1. The van der Waals surface area contributed by atoms with Gasteiger partial charge in [0.15, 0.2) is 0 Å². The number of fused-ring (bicyclic) bond motifs is 5. The Morgan fingerprint density at radius 3 is 2.83 bits per heavy atom. The van der Waals surface area contributed by atoms with Gasteiger partial charge in [0.1, 0.15) is 11.5 Å². The van der Waals surface area contributed by atoms with Gasteiger partial charge < -0.3 is 15.2 Å². The largest absolute Gasteiger partial charge is 0.508 e. The third kappa shape index (κ3) is 3.24. The molecule has 5 rings (SSSR count). The molecule has 0 heterocycles. The molecule has 0 radical (unpaired) electrons. The molecule has 2 aromatic carbocycles. The van der Waals surface area contributed by atoms with Gasteiger partial charge in [0.25, 0.3) is 0 Å². The number of nitrogens with one attached hydrogen (secondary N) is 1. The predicted molar refractivity (Wildman–Crippen MR) is 116 cm³/mol. The van der Waals surface area contributed by atoms with Gasteiger partial charge in [-0.1, -0.05) is 25.1 Å². The maximum Gasteiger partial charge on any atom is 0.119 e. The van der Waals surface area contributed by atoms with E-state index in [9.17, 15) is 5.11 Å². The van der Waals surface area contributed by atoms with Crippen LogP contribution in [-0.4, -0.2) is 18.3 Å². The minimum Gasteiger partial charge on any atom is -0.508 e. The molecule has 0 amide bonds. The molecule has 29 heavy (non-hydrogen) atoms. The van der Waals surface area contributed by atoms with Crippen molar-refractivity contribution in [1.82, 2.24) is 5.32 Å². The molecule has 3 unspecified atom stereocenters. The Balaban J connectivity index is 1.33. The third-order valence-corrected chi connectivity index (χ3v) is 8.40. The SMILES string of the molecule is COc1ccc2c(c1)CCC1C2CC[C@@]2(C)C1CC[C@@H]2NCc1cccc(O)c1. The molecule has 2 aromatic rings. The molecule has 0 aliphatic heterocycles. The average Bonchev–Trinajstić information content (AvgIpc) is 3.08. The van der Waals surface area contributed by atoms with Crippen LogP contribution in [0.2, 0.25) is 0 Å². The van der Waals surface area contributed by atoms with Gasteiger partial charge in [0.05, 0.1) is 7.11 Å². The first-order valence-corrected chi connectivity index (χ1v) is 11.3. The van der Waals surface area contributed by atoms with Crippen molar-refractivity contribution in [3.8, 4) is 11.5 Å². The predicted octanol–water partition coefficient (Wildman–Crippen LogP) is 5.42. The molecule has 3 aliphatic rings. The number of methoxy groups -OCH3 is 1. The van der Waals surface area contributed by atoms with E-state index in [4.69, 9.17) is 4.74 Å². The van der Waals surface area contributed by atoms with Crippen LogP contribution in [0.1, 0.15) is 61.6 Å². The van der Waals surface area contributed by atoms with Gasteiger partial charge in [-0.2, -0.15) is 0 Å². The quantitative estimate of drug-likeness (QED) is 0.732. The third-order valence-electron chi connectivity index (χ3n) is 8.40. The van der Waals surface area contributed by atoms with Crippen molar-refractivity contribution in [2.24, 2.45) is 17.3 Å². The summed E-state index contributed by atoms with van der Waals surface area (Å²) in [4.78, 5) is 0. The van der Waals surface area contributed by atoms with Crippen LogP contribution in [0.25, 0.3) is 0 Å². The van der Waals surface area contributed by atoms with Crippen molar-refractivity contribution in [2.75, 3.05) is 7.11 Å². The Bertz CT molecular complexity index is 894. The molecule has 0 saturated heterocycles. The van der Waals surface area contributed by atoms with Gasteiger partial charge in [-0.05, 0) is 103 Å². The molecular formula is C26H33NO2. The molecule has 2 saturated carbocycles. The molecule has 154 valence electrons. The molecular weight excluding hydrogens is 358 g/mol. The maximum absolute atomic E-state index is 9.75. The van der Waals surface area contributed by atoms with Crippen molar-refractivity contribution < 1.29 is 9.84 Å². The van der Waals surface area contributed by atoms with Crippen LogP contribution in [0.15, 0.2) is 42.5 Å². The highest BCUT2D eigenvalue weighted by Gasteiger charge is 2.54. The minimum absolute atomic E-state index is 0.359. The fraction of sp³-hybridized carbons (Fsp3) is 0.538.